The molecule has 1 aliphatic rings. The van der Waals surface area contributed by atoms with Crippen LogP contribution in [-0.2, 0) is 9.59 Å². The maximum absolute atomic E-state index is 12.5. The summed E-state index contributed by atoms with van der Waals surface area (Å²) < 4.78 is 0.394. The largest absolute Gasteiger partial charge is 0.545 e. The first-order chi connectivity index (χ1) is 13.0. The minimum Gasteiger partial charge on any atom is -0.545 e. The maximum atomic E-state index is 12.5. The molecule has 1 aromatic heterocycles. The van der Waals surface area contributed by atoms with Crippen LogP contribution < -0.4 is 10.4 Å². The van der Waals surface area contributed by atoms with Crippen LogP contribution in [0.4, 0.5) is 5.69 Å². The molecule has 1 fully saturated rings. The second kappa shape index (κ2) is 8.47. The lowest BCUT2D eigenvalue weighted by atomic mass is 10.2. The van der Waals surface area contributed by atoms with E-state index in [4.69, 9.17) is 12.2 Å². The number of carbonyl (C=O) groups excluding carboxylic acids is 3. The number of hydrogen-bond acceptors (Lipinski definition) is 7. The number of benzene rings is 1. The Morgan fingerprint density at radius 2 is 2.00 bits per heavy atom. The topological polar surface area (TPSA) is 89.5 Å². The number of para-hydroxylation sites is 1. The number of thioether (sulfide) groups is 1. The molecule has 1 saturated heterocycles. The maximum Gasteiger partial charge on any atom is 0.266 e. The summed E-state index contributed by atoms with van der Waals surface area (Å²) >= 11 is 7.96. The number of thiophene rings is 1. The van der Waals surface area contributed by atoms with E-state index in [9.17, 15) is 19.5 Å². The molecule has 0 spiro atoms. The lowest BCUT2D eigenvalue weighted by Crippen LogP contribution is -2.32. The number of amides is 2. The SMILES string of the molecule is O=C(CCN1C(=O)/C(=C/c2cccs2)SC1=S)Nc1ccccc1C(=O)[O-]. The number of aromatic carboxylic acids is 1. The molecular formula is C18H13N2O4S3-. The van der Waals surface area contributed by atoms with Crippen LogP contribution in [0.15, 0.2) is 46.7 Å². The Hall–Kier alpha value is -2.49. The monoisotopic (exact) mass is 417 g/mol. The molecule has 27 heavy (non-hydrogen) atoms. The Bertz CT molecular complexity index is 938. The highest BCUT2D eigenvalue weighted by atomic mass is 32.2. The van der Waals surface area contributed by atoms with Crippen molar-refractivity contribution in [3.8, 4) is 0 Å². The van der Waals surface area contributed by atoms with Crippen LogP contribution in [0.3, 0.4) is 0 Å². The van der Waals surface area contributed by atoms with Crippen LogP contribution >= 0.6 is 35.3 Å². The molecule has 1 N–H and O–H groups in total. The third kappa shape index (κ3) is 4.62. The summed E-state index contributed by atoms with van der Waals surface area (Å²) in [7, 11) is 0. The molecule has 138 valence electrons. The zero-order valence-corrected chi connectivity index (χ0v) is 16.3. The Morgan fingerprint density at radius 1 is 1.22 bits per heavy atom. The number of nitrogens with zero attached hydrogens (tertiary/aromatic N) is 1. The summed E-state index contributed by atoms with van der Waals surface area (Å²) in [6.07, 6.45) is 1.76. The average molecular weight is 418 g/mol. The summed E-state index contributed by atoms with van der Waals surface area (Å²) in [5, 5.41) is 15.5. The molecule has 0 atom stereocenters. The quantitative estimate of drug-likeness (QED) is 0.573. The number of anilines is 1. The molecule has 1 aliphatic heterocycles. The lowest BCUT2D eigenvalue weighted by Gasteiger charge is -2.15. The van der Waals surface area contributed by atoms with Crippen LogP contribution in [0.2, 0.25) is 0 Å². The van der Waals surface area contributed by atoms with Crippen molar-refractivity contribution in [1.82, 2.24) is 4.90 Å². The molecule has 2 amide bonds. The second-order valence-corrected chi connectivity index (χ2v) is 8.14. The van der Waals surface area contributed by atoms with Gasteiger partial charge in [-0.2, -0.15) is 0 Å². The fourth-order valence-electron chi connectivity index (χ4n) is 2.39. The first kappa shape index (κ1) is 19.3. The molecule has 2 heterocycles. The summed E-state index contributed by atoms with van der Waals surface area (Å²) in [6.45, 7) is 0.117. The van der Waals surface area contributed by atoms with E-state index in [1.165, 1.54) is 40.1 Å². The highest BCUT2D eigenvalue weighted by Crippen LogP contribution is 2.33. The van der Waals surface area contributed by atoms with Gasteiger partial charge >= 0.3 is 0 Å². The van der Waals surface area contributed by atoms with Gasteiger partial charge in [-0.25, -0.2) is 0 Å². The predicted octanol–water partition coefficient (Wildman–Crippen LogP) is 2.34. The number of nitrogens with one attached hydrogen (secondary N) is 1. The van der Waals surface area contributed by atoms with Crippen molar-refractivity contribution in [2.24, 2.45) is 0 Å². The zero-order chi connectivity index (χ0) is 19.4. The Labute approximate surface area is 168 Å². The Morgan fingerprint density at radius 3 is 2.70 bits per heavy atom. The fraction of sp³-hybridized carbons (Fsp3) is 0.111. The number of hydrogen-bond donors (Lipinski definition) is 1. The summed E-state index contributed by atoms with van der Waals surface area (Å²) in [5.41, 5.74) is 0.0563. The molecule has 9 heteroatoms. The molecule has 0 radical (unpaired) electrons. The molecular weight excluding hydrogens is 404 g/mol. The predicted molar refractivity (Wildman–Crippen MR) is 108 cm³/mol. The van der Waals surface area contributed by atoms with Crippen molar-refractivity contribution < 1.29 is 19.5 Å². The van der Waals surface area contributed by atoms with Gasteiger partial charge in [-0.1, -0.05) is 48.2 Å². The molecule has 3 rings (SSSR count). The highest BCUT2D eigenvalue weighted by Gasteiger charge is 2.32. The summed E-state index contributed by atoms with van der Waals surface area (Å²) in [4.78, 5) is 38.6. The van der Waals surface area contributed by atoms with E-state index < -0.39 is 11.9 Å². The van der Waals surface area contributed by atoms with Crippen LogP contribution in [0.1, 0.15) is 21.7 Å². The molecule has 6 nitrogen and oxygen atoms in total. The Balaban J connectivity index is 1.61. The summed E-state index contributed by atoms with van der Waals surface area (Å²) in [6, 6.07) is 9.78. The van der Waals surface area contributed by atoms with Gasteiger partial charge in [0.1, 0.15) is 4.32 Å². The first-order valence-corrected chi connectivity index (χ1v) is 9.95. The van der Waals surface area contributed by atoms with Gasteiger partial charge in [0.2, 0.25) is 5.91 Å². The number of carboxylic acid groups (broad SMARTS) is 1. The highest BCUT2D eigenvalue weighted by molar-refractivity contribution is 8.26. The van der Waals surface area contributed by atoms with Gasteiger partial charge in [0, 0.05) is 29.1 Å². The van der Waals surface area contributed by atoms with E-state index in [1.54, 1.807) is 18.2 Å². The van der Waals surface area contributed by atoms with Gasteiger partial charge in [0.25, 0.3) is 5.91 Å². The third-order valence-electron chi connectivity index (χ3n) is 3.67. The van der Waals surface area contributed by atoms with E-state index >= 15 is 0 Å². The van der Waals surface area contributed by atoms with Crippen molar-refractivity contribution in [3.63, 3.8) is 0 Å². The van der Waals surface area contributed by atoms with Crippen molar-refractivity contribution >= 4 is 69.2 Å². The van der Waals surface area contributed by atoms with Crippen molar-refractivity contribution in [2.75, 3.05) is 11.9 Å². The molecule has 0 aliphatic carbocycles. The number of thiocarbonyl (C=S) groups is 1. The minimum absolute atomic E-state index is 0.0138. The van der Waals surface area contributed by atoms with Gasteiger partial charge in [0.05, 0.1) is 10.9 Å². The second-order valence-electron chi connectivity index (χ2n) is 5.48. The van der Waals surface area contributed by atoms with Crippen LogP contribution in [0.5, 0.6) is 0 Å². The number of carbonyl (C=O) groups is 3. The van der Waals surface area contributed by atoms with E-state index in [0.717, 1.165) is 4.88 Å². The zero-order valence-electron chi connectivity index (χ0n) is 13.8. The van der Waals surface area contributed by atoms with E-state index in [2.05, 4.69) is 5.32 Å². The number of carboxylic acids is 1. The first-order valence-electron chi connectivity index (χ1n) is 7.85. The third-order valence-corrected chi connectivity index (χ3v) is 5.87. The van der Waals surface area contributed by atoms with E-state index in [-0.39, 0.29) is 30.1 Å². The molecule has 0 saturated carbocycles. The van der Waals surface area contributed by atoms with Gasteiger partial charge in [-0.05, 0) is 23.6 Å². The Kier molecular flexibility index (Phi) is 6.04. The standard InChI is InChI=1S/C18H14N2O4S3/c21-15(19-13-6-2-1-5-12(13)17(23)24)7-8-20-16(22)14(27-18(20)25)10-11-4-3-9-26-11/h1-6,9-10H,7-8H2,(H,19,21)(H,23,24)/p-1/b14-10-. The summed E-state index contributed by atoms with van der Waals surface area (Å²) in [5.74, 6) is -2.03. The van der Waals surface area contributed by atoms with E-state index in [1.807, 2.05) is 17.5 Å². The van der Waals surface area contributed by atoms with Gasteiger partial charge in [-0.15, -0.1) is 11.3 Å². The molecule has 0 bridgehead atoms. The molecule has 1 aromatic carbocycles. The molecule has 0 unspecified atom stereocenters. The van der Waals surface area contributed by atoms with Crippen molar-refractivity contribution in [1.29, 1.82) is 0 Å². The van der Waals surface area contributed by atoms with Crippen molar-refractivity contribution in [3.05, 3.63) is 57.1 Å². The van der Waals surface area contributed by atoms with E-state index in [0.29, 0.717) is 9.23 Å². The minimum atomic E-state index is -1.37. The van der Waals surface area contributed by atoms with Gasteiger partial charge in [0.15, 0.2) is 0 Å². The van der Waals surface area contributed by atoms with Gasteiger partial charge in [-0.3, -0.25) is 14.5 Å². The van der Waals surface area contributed by atoms with Gasteiger partial charge < -0.3 is 15.2 Å². The average Bonchev–Trinajstić information content (AvgIpc) is 3.23. The lowest BCUT2D eigenvalue weighted by molar-refractivity contribution is -0.254. The smallest absolute Gasteiger partial charge is 0.266 e. The normalized spacial score (nSPS) is 15.4. The van der Waals surface area contributed by atoms with Crippen LogP contribution in [-0.4, -0.2) is 33.5 Å². The molecule has 2 aromatic rings. The van der Waals surface area contributed by atoms with Crippen LogP contribution in [0.25, 0.3) is 6.08 Å². The van der Waals surface area contributed by atoms with Crippen LogP contribution in [0, 0.1) is 0 Å². The fourth-order valence-corrected chi connectivity index (χ4v) is 4.42. The number of rotatable bonds is 6. The van der Waals surface area contributed by atoms with Crippen molar-refractivity contribution in [2.45, 2.75) is 6.42 Å².